The average Bonchev–Trinajstić information content (AvgIpc) is 2.61. The predicted molar refractivity (Wildman–Crippen MR) is 98.6 cm³/mol. The lowest BCUT2D eigenvalue weighted by Gasteiger charge is -2.25. The van der Waals surface area contributed by atoms with Crippen LogP contribution >= 0.6 is 11.6 Å². The number of benzene rings is 2. The van der Waals surface area contributed by atoms with Gasteiger partial charge in [0.15, 0.2) is 0 Å². The lowest BCUT2D eigenvalue weighted by molar-refractivity contribution is -0.145. The Labute approximate surface area is 153 Å². The van der Waals surface area contributed by atoms with E-state index >= 15 is 0 Å². The molecule has 0 radical (unpaired) electrons. The van der Waals surface area contributed by atoms with Crippen molar-refractivity contribution in [3.05, 3.63) is 70.2 Å². The minimum Gasteiger partial charge on any atom is -0.469 e. The smallest absolute Gasteiger partial charge is 0.310 e. The maximum atomic E-state index is 13.0. The first kappa shape index (κ1) is 19.0. The third-order valence-electron chi connectivity index (χ3n) is 3.94. The zero-order chi connectivity index (χ0) is 18.4. The zero-order valence-electron chi connectivity index (χ0n) is 14.7. The van der Waals surface area contributed by atoms with Crippen molar-refractivity contribution < 1.29 is 14.3 Å². The van der Waals surface area contributed by atoms with Gasteiger partial charge < -0.3 is 9.64 Å². The van der Waals surface area contributed by atoms with E-state index in [0.29, 0.717) is 17.1 Å². The number of nitrogens with zero attached hydrogens (tertiary/aromatic N) is 1. The predicted octanol–water partition coefficient (Wildman–Crippen LogP) is 4.10. The van der Waals surface area contributed by atoms with Gasteiger partial charge in [0.05, 0.1) is 13.0 Å². The van der Waals surface area contributed by atoms with Gasteiger partial charge in [0.25, 0.3) is 5.91 Å². The summed E-state index contributed by atoms with van der Waals surface area (Å²) in [7, 11) is 1.35. The Morgan fingerprint density at radius 1 is 1.16 bits per heavy atom. The monoisotopic (exact) mass is 359 g/mol. The van der Waals surface area contributed by atoms with Crippen molar-refractivity contribution in [2.24, 2.45) is 5.92 Å². The minimum absolute atomic E-state index is 0.116. The lowest BCUT2D eigenvalue weighted by Crippen LogP contribution is -2.36. The van der Waals surface area contributed by atoms with Crippen LogP contribution in [0.15, 0.2) is 48.5 Å². The molecule has 0 heterocycles. The van der Waals surface area contributed by atoms with Gasteiger partial charge in [0.2, 0.25) is 0 Å². The summed E-state index contributed by atoms with van der Waals surface area (Å²) in [5, 5.41) is 0.642. The Balaban J connectivity index is 2.25. The number of aryl methyl sites for hydroxylation is 1. The molecule has 2 aromatic carbocycles. The van der Waals surface area contributed by atoms with Crippen molar-refractivity contribution in [1.29, 1.82) is 0 Å². The Kier molecular flexibility index (Phi) is 6.59. The molecule has 0 saturated heterocycles. The van der Waals surface area contributed by atoms with E-state index in [0.717, 1.165) is 11.1 Å². The Hall–Kier alpha value is -2.33. The molecule has 5 heteroatoms. The molecule has 0 aromatic heterocycles. The Bertz CT molecular complexity index is 743. The number of amides is 1. The number of hydrogen-bond acceptors (Lipinski definition) is 3. The van der Waals surface area contributed by atoms with Crippen molar-refractivity contribution in [2.75, 3.05) is 13.7 Å². The first-order valence-corrected chi connectivity index (χ1v) is 8.46. The summed E-state index contributed by atoms with van der Waals surface area (Å²) < 4.78 is 4.79. The zero-order valence-corrected chi connectivity index (χ0v) is 15.4. The van der Waals surface area contributed by atoms with Crippen molar-refractivity contribution >= 4 is 23.5 Å². The fourth-order valence-corrected chi connectivity index (χ4v) is 2.72. The second kappa shape index (κ2) is 8.67. The SMILES string of the molecule is COC(=O)C(C)CN(Cc1ccc(Cl)cc1)C(=O)c1cccc(C)c1. The third-order valence-corrected chi connectivity index (χ3v) is 4.19. The van der Waals surface area contributed by atoms with E-state index < -0.39 is 5.92 Å². The molecule has 0 fully saturated rings. The van der Waals surface area contributed by atoms with Crippen LogP contribution in [0, 0.1) is 12.8 Å². The number of methoxy groups -OCH3 is 1. The fraction of sp³-hybridized carbons (Fsp3) is 0.300. The van der Waals surface area contributed by atoms with Crippen molar-refractivity contribution in [1.82, 2.24) is 4.90 Å². The van der Waals surface area contributed by atoms with Gasteiger partial charge >= 0.3 is 5.97 Å². The van der Waals surface area contributed by atoms with E-state index in [4.69, 9.17) is 16.3 Å². The second-order valence-corrected chi connectivity index (χ2v) is 6.54. The summed E-state index contributed by atoms with van der Waals surface area (Å²) in [6.45, 7) is 4.37. The summed E-state index contributed by atoms with van der Waals surface area (Å²) >= 11 is 5.93. The quantitative estimate of drug-likeness (QED) is 0.729. The second-order valence-electron chi connectivity index (χ2n) is 6.11. The molecule has 1 amide bonds. The van der Waals surface area contributed by atoms with Crippen LogP contribution in [0.3, 0.4) is 0 Å². The molecule has 0 saturated carbocycles. The van der Waals surface area contributed by atoms with Gasteiger partial charge in [-0.25, -0.2) is 0 Å². The Morgan fingerprint density at radius 2 is 1.84 bits per heavy atom. The molecule has 2 rings (SSSR count). The molecule has 0 aliphatic heterocycles. The number of carbonyl (C=O) groups excluding carboxylic acids is 2. The van der Waals surface area contributed by atoms with Crippen LogP contribution in [0.4, 0.5) is 0 Å². The number of ether oxygens (including phenoxy) is 1. The van der Waals surface area contributed by atoms with Gasteiger partial charge in [0, 0.05) is 23.7 Å². The van der Waals surface area contributed by atoms with E-state index in [1.54, 1.807) is 30.0 Å². The molecule has 1 unspecified atom stereocenters. The lowest BCUT2D eigenvalue weighted by atomic mass is 10.1. The molecule has 0 aliphatic rings. The van der Waals surface area contributed by atoms with Gasteiger partial charge in [-0.3, -0.25) is 9.59 Å². The average molecular weight is 360 g/mol. The Morgan fingerprint density at radius 3 is 2.44 bits per heavy atom. The number of hydrogen-bond donors (Lipinski definition) is 0. The van der Waals surface area contributed by atoms with Crippen molar-refractivity contribution in [3.8, 4) is 0 Å². The standard InChI is InChI=1S/C20H22ClNO3/c1-14-5-4-6-17(11-14)19(23)22(12-15(2)20(24)25-3)13-16-7-9-18(21)10-8-16/h4-11,15H,12-13H2,1-3H3. The number of carbonyl (C=O) groups is 2. The summed E-state index contributed by atoms with van der Waals surface area (Å²) in [6, 6.07) is 14.8. The highest BCUT2D eigenvalue weighted by Crippen LogP contribution is 2.16. The summed E-state index contributed by atoms with van der Waals surface area (Å²) in [5.74, 6) is -0.862. The molecule has 132 valence electrons. The molecule has 1 atom stereocenters. The van der Waals surface area contributed by atoms with E-state index in [1.807, 2.05) is 37.3 Å². The minimum atomic E-state index is -0.411. The van der Waals surface area contributed by atoms with E-state index in [-0.39, 0.29) is 18.4 Å². The fourth-order valence-electron chi connectivity index (χ4n) is 2.60. The highest BCUT2D eigenvalue weighted by atomic mass is 35.5. The molecule has 4 nitrogen and oxygen atoms in total. The molecule has 0 spiro atoms. The number of rotatable bonds is 6. The molecule has 0 bridgehead atoms. The molecule has 0 N–H and O–H groups in total. The molecule has 0 aliphatic carbocycles. The number of esters is 1. The van der Waals surface area contributed by atoms with E-state index in [2.05, 4.69) is 0 Å². The first-order valence-electron chi connectivity index (χ1n) is 8.09. The normalized spacial score (nSPS) is 11.7. The largest absolute Gasteiger partial charge is 0.469 e. The van der Waals surface area contributed by atoms with Crippen LogP contribution in [0.25, 0.3) is 0 Å². The van der Waals surface area contributed by atoms with Gasteiger partial charge in [-0.15, -0.1) is 0 Å². The number of halogens is 1. The molecule has 25 heavy (non-hydrogen) atoms. The molecular formula is C20H22ClNO3. The highest BCUT2D eigenvalue weighted by Gasteiger charge is 2.23. The van der Waals surface area contributed by atoms with Crippen molar-refractivity contribution in [2.45, 2.75) is 20.4 Å². The van der Waals surface area contributed by atoms with Gasteiger partial charge in [0.1, 0.15) is 0 Å². The molecular weight excluding hydrogens is 338 g/mol. The maximum absolute atomic E-state index is 13.0. The van der Waals surface area contributed by atoms with Crippen LogP contribution in [-0.2, 0) is 16.1 Å². The van der Waals surface area contributed by atoms with Crippen LogP contribution in [0.5, 0.6) is 0 Å². The summed E-state index contributed by atoms with van der Waals surface area (Å²) in [6.07, 6.45) is 0. The van der Waals surface area contributed by atoms with Gasteiger partial charge in [-0.05, 0) is 36.8 Å². The topological polar surface area (TPSA) is 46.6 Å². The van der Waals surface area contributed by atoms with Crippen LogP contribution in [-0.4, -0.2) is 30.4 Å². The summed E-state index contributed by atoms with van der Waals surface area (Å²) in [4.78, 5) is 26.4. The molecule has 2 aromatic rings. The first-order chi connectivity index (χ1) is 11.9. The van der Waals surface area contributed by atoms with Crippen LogP contribution in [0.2, 0.25) is 5.02 Å². The summed E-state index contributed by atoms with van der Waals surface area (Å²) in [5.41, 5.74) is 2.56. The van der Waals surface area contributed by atoms with Crippen LogP contribution < -0.4 is 0 Å². The van der Waals surface area contributed by atoms with Gasteiger partial charge in [-0.2, -0.15) is 0 Å². The van der Waals surface area contributed by atoms with E-state index in [1.165, 1.54) is 7.11 Å². The van der Waals surface area contributed by atoms with Crippen molar-refractivity contribution in [3.63, 3.8) is 0 Å². The third kappa shape index (κ3) is 5.33. The van der Waals surface area contributed by atoms with E-state index in [9.17, 15) is 9.59 Å². The highest BCUT2D eigenvalue weighted by molar-refractivity contribution is 6.30. The maximum Gasteiger partial charge on any atom is 0.310 e. The van der Waals surface area contributed by atoms with Crippen LogP contribution in [0.1, 0.15) is 28.4 Å². The van der Waals surface area contributed by atoms with Gasteiger partial charge in [-0.1, -0.05) is 48.4 Å².